The predicted octanol–water partition coefficient (Wildman–Crippen LogP) is 2.55. The van der Waals surface area contributed by atoms with E-state index < -0.39 is 10.0 Å². The molecular formula is C19H25N5O2S2. The summed E-state index contributed by atoms with van der Waals surface area (Å²) in [5, 5.41) is 21.1. The number of hydrogen-bond acceptors (Lipinski definition) is 7. The number of anilines is 1. The average Bonchev–Trinajstić information content (AvgIpc) is 3.14. The molecule has 9 heteroatoms. The van der Waals surface area contributed by atoms with Crippen LogP contribution in [0, 0.1) is 17.2 Å². The van der Waals surface area contributed by atoms with Gasteiger partial charge in [-0.1, -0.05) is 6.92 Å². The Morgan fingerprint density at radius 2 is 2.14 bits per heavy atom. The SMILES string of the molecule is CCc1nc(CN2CCC(CNc3ccc(S(N)(=O)=O)cc3C#N)CC2)cs1. The lowest BCUT2D eigenvalue weighted by Crippen LogP contribution is -2.35. The van der Waals surface area contributed by atoms with E-state index in [9.17, 15) is 13.7 Å². The molecule has 0 atom stereocenters. The lowest BCUT2D eigenvalue weighted by molar-refractivity contribution is 0.181. The van der Waals surface area contributed by atoms with Crippen LogP contribution in [0.25, 0.3) is 0 Å². The van der Waals surface area contributed by atoms with Gasteiger partial charge in [-0.3, -0.25) is 4.90 Å². The van der Waals surface area contributed by atoms with Gasteiger partial charge in [-0.25, -0.2) is 18.5 Å². The molecule has 0 saturated carbocycles. The number of likely N-dealkylation sites (tertiary alicyclic amines) is 1. The van der Waals surface area contributed by atoms with Crippen LogP contribution in [-0.2, 0) is 23.0 Å². The third-order valence-electron chi connectivity index (χ3n) is 5.02. The maximum Gasteiger partial charge on any atom is 0.238 e. The lowest BCUT2D eigenvalue weighted by atomic mass is 9.96. The zero-order valence-electron chi connectivity index (χ0n) is 15.9. The first-order valence-electron chi connectivity index (χ1n) is 9.35. The summed E-state index contributed by atoms with van der Waals surface area (Å²) in [5.41, 5.74) is 2.10. The summed E-state index contributed by atoms with van der Waals surface area (Å²) in [6.45, 7) is 5.85. The normalized spacial score (nSPS) is 16.0. The van der Waals surface area contributed by atoms with E-state index in [4.69, 9.17) is 5.14 Å². The van der Waals surface area contributed by atoms with Gasteiger partial charge in [0.1, 0.15) is 6.07 Å². The van der Waals surface area contributed by atoms with Gasteiger partial charge in [0.05, 0.1) is 26.8 Å². The standard InChI is InChI=1S/C19H25N5O2S2/c1-2-19-23-16(13-27-19)12-24-7-5-14(6-8-24)11-22-18-4-3-17(28(21,25)26)9-15(18)10-20/h3-4,9,13-14,22H,2,5-8,11-12H2,1H3,(H2,21,25,26). The van der Waals surface area contributed by atoms with Crippen LogP contribution in [0.3, 0.4) is 0 Å². The number of hydrogen-bond donors (Lipinski definition) is 2. The van der Waals surface area contributed by atoms with E-state index in [0.29, 0.717) is 17.2 Å². The second-order valence-corrected chi connectivity index (χ2v) is 9.55. The molecule has 0 amide bonds. The van der Waals surface area contributed by atoms with Crippen LogP contribution in [0.2, 0.25) is 0 Å². The fourth-order valence-corrected chi connectivity index (χ4v) is 4.64. The van der Waals surface area contributed by atoms with Crippen molar-refractivity contribution in [3.63, 3.8) is 0 Å². The van der Waals surface area contributed by atoms with Gasteiger partial charge in [-0.05, 0) is 56.5 Å². The number of aromatic nitrogens is 1. The fourth-order valence-electron chi connectivity index (χ4n) is 3.36. The van der Waals surface area contributed by atoms with E-state index in [2.05, 4.69) is 27.5 Å². The van der Waals surface area contributed by atoms with E-state index in [1.165, 1.54) is 17.1 Å². The van der Waals surface area contributed by atoms with Gasteiger partial charge in [0.2, 0.25) is 10.0 Å². The Bertz CT molecular complexity index is 957. The number of sulfonamides is 1. The van der Waals surface area contributed by atoms with E-state index in [-0.39, 0.29) is 4.90 Å². The molecule has 3 N–H and O–H groups in total. The number of thiazole rings is 1. The largest absolute Gasteiger partial charge is 0.384 e. The molecule has 2 aromatic rings. The van der Waals surface area contributed by atoms with E-state index in [0.717, 1.165) is 51.1 Å². The van der Waals surface area contributed by atoms with Crippen LogP contribution >= 0.6 is 11.3 Å². The molecule has 1 fully saturated rings. The Hall–Kier alpha value is -1.99. The van der Waals surface area contributed by atoms with Crippen LogP contribution in [0.4, 0.5) is 5.69 Å². The number of piperidine rings is 1. The smallest absolute Gasteiger partial charge is 0.238 e. The minimum Gasteiger partial charge on any atom is -0.384 e. The number of benzene rings is 1. The number of nitrogens with two attached hydrogens (primary N) is 1. The fraction of sp³-hybridized carbons (Fsp3) is 0.474. The first-order chi connectivity index (χ1) is 13.4. The Morgan fingerprint density at radius 1 is 1.39 bits per heavy atom. The van der Waals surface area contributed by atoms with Gasteiger partial charge in [0.25, 0.3) is 0 Å². The summed E-state index contributed by atoms with van der Waals surface area (Å²) in [7, 11) is -3.81. The van der Waals surface area contributed by atoms with Crippen LogP contribution in [0.5, 0.6) is 0 Å². The second kappa shape index (κ2) is 9.01. The highest BCUT2D eigenvalue weighted by molar-refractivity contribution is 7.89. The van der Waals surface area contributed by atoms with Crippen molar-refractivity contribution in [1.82, 2.24) is 9.88 Å². The van der Waals surface area contributed by atoms with Crippen molar-refractivity contribution in [1.29, 1.82) is 5.26 Å². The maximum absolute atomic E-state index is 11.4. The molecule has 1 aromatic carbocycles. The van der Waals surface area contributed by atoms with Crippen LogP contribution in [-0.4, -0.2) is 37.9 Å². The summed E-state index contributed by atoms with van der Waals surface area (Å²) < 4.78 is 22.9. The van der Waals surface area contributed by atoms with Gasteiger partial charge >= 0.3 is 0 Å². The Kier molecular flexibility index (Phi) is 6.67. The Morgan fingerprint density at radius 3 is 2.75 bits per heavy atom. The van der Waals surface area contributed by atoms with Gasteiger partial charge in [-0.2, -0.15) is 5.26 Å². The van der Waals surface area contributed by atoms with Crippen molar-refractivity contribution >= 4 is 27.0 Å². The highest BCUT2D eigenvalue weighted by Crippen LogP contribution is 2.23. The van der Waals surface area contributed by atoms with Crippen molar-refractivity contribution in [2.45, 2.75) is 37.6 Å². The molecule has 28 heavy (non-hydrogen) atoms. The highest BCUT2D eigenvalue weighted by atomic mass is 32.2. The molecule has 0 aliphatic carbocycles. The summed E-state index contributed by atoms with van der Waals surface area (Å²) in [4.78, 5) is 7.04. The lowest BCUT2D eigenvalue weighted by Gasteiger charge is -2.31. The van der Waals surface area contributed by atoms with Gasteiger partial charge < -0.3 is 5.32 Å². The monoisotopic (exact) mass is 419 g/mol. The number of nitrogens with zero attached hydrogens (tertiary/aromatic N) is 3. The van der Waals surface area contributed by atoms with Gasteiger partial charge in [0.15, 0.2) is 0 Å². The van der Waals surface area contributed by atoms with Crippen molar-refractivity contribution in [3.8, 4) is 6.07 Å². The molecule has 150 valence electrons. The van der Waals surface area contributed by atoms with Crippen LogP contribution in [0.15, 0.2) is 28.5 Å². The molecule has 0 radical (unpaired) electrons. The third-order valence-corrected chi connectivity index (χ3v) is 6.97. The number of rotatable bonds is 7. The Balaban J connectivity index is 1.51. The second-order valence-electron chi connectivity index (χ2n) is 7.05. The third kappa shape index (κ3) is 5.29. The zero-order valence-corrected chi connectivity index (χ0v) is 17.5. The molecule has 1 saturated heterocycles. The summed E-state index contributed by atoms with van der Waals surface area (Å²) >= 11 is 1.73. The molecule has 1 aliphatic heterocycles. The summed E-state index contributed by atoms with van der Waals surface area (Å²) in [6, 6.07) is 6.40. The quantitative estimate of drug-likeness (QED) is 0.713. The molecule has 1 aliphatic rings. The van der Waals surface area contributed by atoms with Gasteiger partial charge in [0, 0.05) is 18.5 Å². The van der Waals surface area contributed by atoms with E-state index >= 15 is 0 Å². The van der Waals surface area contributed by atoms with E-state index in [1.54, 1.807) is 17.4 Å². The van der Waals surface area contributed by atoms with E-state index in [1.807, 2.05) is 6.07 Å². The zero-order chi connectivity index (χ0) is 20.1. The molecule has 2 heterocycles. The van der Waals surface area contributed by atoms with Crippen molar-refractivity contribution in [3.05, 3.63) is 39.8 Å². The number of nitriles is 1. The van der Waals surface area contributed by atoms with Gasteiger partial charge in [-0.15, -0.1) is 11.3 Å². The first kappa shape index (κ1) is 20.7. The van der Waals surface area contributed by atoms with Crippen molar-refractivity contribution in [2.75, 3.05) is 25.0 Å². The topological polar surface area (TPSA) is 112 Å². The summed E-state index contributed by atoms with van der Waals surface area (Å²) in [5.74, 6) is 0.516. The van der Waals surface area contributed by atoms with Crippen molar-refractivity contribution in [2.24, 2.45) is 11.1 Å². The highest BCUT2D eigenvalue weighted by Gasteiger charge is 2.20. The molecule has 1 aromatic heterocycles. The van der Waals surface area contributed by atoms with Crippen LogP contribution < -0.4 is 10.5 Å². The van der Waals surface area contributed by atoms with Crippen LogP contribution in [0.1, 0.15) is 36.0 Å². The summed E-state index contributed by atoms with van der Waals surface area (Å²) in [6.07, 6.45) is 3.14. The first-order valence-corrected chi connectivity index (χ1v) is 11.8. The molecule has 3 rings (SSSR count). The number of primary sulfonamides is 1. The molecule has 0 bridgehead atoms. The molecular weight excluding hydrogens is 394 g/mol. The minimum absolute atomic E-state index is 0.0452. The Labute approximate surface area is 170 Å². The maximum atomic E-state index is 11.4. The van der Waals surface area contributed by atoms with Crippen molar-refractivity contribution < 1.29 is 8.42 Å². The number of nitrogens with one attached hydrogen (secondary N) is 1. The average molecular weight is 420 g/mol. The molecule has 0 unspecified atom stereocenters. The molecule has 0 spiro atoms. The number of aryl methyl sites for hydroxylation is 1. The minimum atomic E-state index is -3.81. The predicted molar refractivity (Wildman–Crippen MR) is 111 cm³/mol. The molecule has 7 nitrogen and oxygen atoms in total.